The fourth-order valence-electron chi connectivity index (χ4n) is 3.02. The molecule has 0 radical (unpaired) electrons. The molecule has 1 heterocycles. The zero-order valence-electron chi connectivity index (χ0n) is 14.2. The average molecular weight is 338 g/mol. The van der Waals surface area contributed by atoms with Gasteiger partial charge >= 0.3 is 0 Å². The van der Waals surface area contributed by atoms with Crippen molar-refractivity contribution in [3.05, 3.63) is 48.3 Å². The van der Waals surface area contributed by atoms with Gasteiger partial charge in [0.15, 0.2) is 0 Å². The van der Waals surface area contributed by atoms with Gasteiger partial charge < -0.3 is 16.0 Å². The number of carbonyl (C=O) groups is 2. The Kier molecular flexibility index (Phi) is 5.28. The van der Waals surface area contributed by atoms with E-state index in [2.05, 4.69) is 20.9 Å². The van der Waals surface area contributed by atoms with Crippen LogP contribution in [0.25, 0.3) is 0 Å². The van der Waals surface area contributed by atoms with E-state index in [1.165, 1.54) is 19.8 Å². The van der Waals surface area contributed by atoms with E-state index >= 15 is 0 Å². The van der Waals surface area contributed by atoms with E-state index in [0.29, 0.717) is 11.3 Å². The van der Waals surface area contributed by atoms with Gasteiger partial charge in [0, 0.05) is 30.5 Å². The van der Waals surface area contributed by atoms with Crippen molar-refractivity contribution >= 4 is 28.9 Å². The lowest BCUT2D eigenvalue weighted by molar-refractivity contribution is -0.114. The van der Waals surface area contributed by atoms with Crippen LogP contribution >= 0.6 is 0 Å². The summed E-state index contributed by atoms with van der Waals surface area (Å²) < 4.78 is 0. The number of rotatable bonds is 5. The number of pyridine rings is 1. The third kappa shape index (κ3) is 4.79. The predicted octanol–water partition coefficient (Wildman–Crippen LogP) is 3.46. The van der Waals surface area contributed by atoms with Crippen LogP contribution in [0.2, 0.25) is 0 Å². The van der Waals surface area contributed by atoms with Crippen LogP contribution in [0, 0.1) is 0 Å². The van der Waals surface area contributed by atoms with Crippen molar-refractivity contribution in [1.29, 1.82) is 0 Å². The highest BCUT2D eigenvalue weighted by Gasteiger charge is 2.18. The van der Waals surface area contributed by atoms with Crippen LogP contribution in [0.15, 0.2) is 42.7 Å². The third-order valence-corrected chi connectivity index (χ3v) is 4.16. The molecule has 2 aromatic rings. The van der Waals surface area contributed by atoms with E-state index in [9.17, 15) is 9.59 Å². The van der Waals surface area contributed by atoms with Crippen molar-refractivity contribution in [1.82, 2.24) is 10.3 Å². The molecule has 6 heteroatoms. The van der Waals surface area contributed by atoms with Crippen LogP contribution in [-0.2, 0) is 4.79 Å². The molecule has 3 N–H and O–H groups in total. The van der Waals surface area contributed by atoms with Crippen molar-refractivity contribution in [2.24, 2.45) is 0 Å². The monoisotopic (exact) mass is 338 g/mol. The quantitative estimate of drug-likeness (QED) is 0.780. The van der Waals surface area contributed by atoms with Crippen LogP contribution < -0.4 is 16.0 Å². The lowest BCUT2D eigenvalue weighted by atomic mass is 10.2. The molecule has 130 valence electrons. The van der Waals surface area contributed by atoms with Gasteiger partial charge in [0.25, 0.3) is 5.91 Å². The third-order valence-electron chi connectivity index (χ3n) is 4.16. The minimum atomic E-state index is -0.121. The molecule has 25 heavy (non-hydrogen) atoms. The molecule has 1 aromatic heterocycles. The number of nitrogens with one attached hydrogen (secondary N) is 3. The summed E-state index contributed by atoms with van der Waals surface area (Å²) in [6, 6.07) is 9.43. The highest BCUT2D eigenvalue weighted by Crippen LogP contribution is 2.21. The minimum Gasteiger partial charge on any atom is -0.354 e. The molecule has 0 atom stereocenters. The first-order chi connectivity index (χ1) is 12.1. The first-order valence-electron chi connectivity index (χ1n) is 8.51. The summed E-state index contributed by atoms with van der Waals surface area (Å²) in [4.78, 5) is 27.7. The van der Waals surface area contributed by atoms with Crippen molar-refractivity contribution in [3.8, 4) is 0 Å². The Balaban J connectivity index is 1.69. The van der Waals surface area contributed by atoms with Crippen LogP contribution in [0.1, 0.15) is 43.0 Å². The predicted molar refractivity (Wildman–Crippen MR) is 98.0 cm³/mol. The second-order valence-corrected chi connectivity index (χ2v) is 6.30. The Bertz CT molecular complexity index is 770. The summed E-state index contributed by atoms with van der Waals surface area (Å²) in [6.07, 6.45) is 7.69. The zero-order chi connectivity index (χ0) is 17.6. The van der Waals surface area contributed by atoms with Gasteiger partial charge in [-0.25, -0.2) is 0 Å². The Morgan fingerprint density at radius 1 is 1.04 bits per heavy atom. The normalized spacial score (nSPS) is 14.1. The van der Waals surface area contributed by atoms with Gasteiger partial charge in [0.05, 0.1) is 17.4 Å². The summed E-state index contributed by atoms with van der Waals surface area (Å²) in [5.41, 5.74) is 2.77. The summed E-state index contributed by atoms with van der Waals surface area (Å²) in [7, 11) is 0. The number of anilines is 3. The maximum absolute atomic E-state index is 12.4. The fraction of sp³-hybridized carbons (Fsp3) is 0.316. The van der Waals surface area contributed by atoms with Gasteiger partial charge in [-0.2, -0.15) is 0 Å². The number of hydrogen-bond acceptors (Lipinski definition) is 4. The number of amides is 2. The van der Waals surface area contributed by atoms with Crippen molar-refractivity contribution in [2.75, 3.05) is 10.6 Å². The largest absolute Gasteiger partial charge is 0.354 e. The van der Waals surface area contributed by atoms with E-state index in [1.54, 1.807) is 18.5 Å². The number of benzene rings is 1. The molecule has 0 aliphatic heterocycles. The van der Waals surface area contributed by atoms with Crippen LogP contribution in [0.5, 0.6) is 0 Å². The number of hydrogen-bond donors (Lipinski definition) is 3. The molecule has 1 saturated carbocycles. The van der Waals surface area contributed by atoms with Crippen LogP contribution in [-0.4, -0.2) is 22.8 Å². The van der Waals surface area contributed by atoms with Crippen molar-refractivity contribution in [3.63, 3.8) is 0 Å². The van der Waals surface area contributed by atoms with Gasteiger partial charge in [0.1, 0.15) is 0 Å². The van der Waals surface area contributed by atoms with Gasteiger partial charge in [0.2, 0.25) is 5.91 Å². The first kappa shape index (κ1) is 17.0. The molecule has 2 amide bonds. The second kappa shape index (κ2) is 7.79. The molecule has 0 unspecified atom stereocenters. The van der Waals surface area contributed by atoms with E-state index in [-0.39, 0.29) is 17.9 Å². The maximum atomic E-state index is 12.4. The highest BCUT2D eigenvalue weighted by atomic mass is 16.2. The summed E-state index contributed by atoms with van der Waals surface area (Å²) in [5, 5.41) is 9.02. The van der Waals surface area contributed by atoms with Gasteiger partial charge in [-0.1, -0.05) is 18.9 Å². The Labute approximate surface area is 147 Å². The fourth-order valence-corrected chi connectivity index (χ4v) is 3.02. The maximum Gasteiger partial charge on any atom is 0.253 e. The van der Waals surface area contributed by atoms with E-state index in [1.807, 2.05) is 24.3 Å². The molecule has 0 bridgehead atoms. The van der Waals surface area contributed by atoms with E-state index < -0.39 is 0 Å². The molecule has 1 fully saturated rings. The lowest BCUT2D eigenvalue weighted by Gasteiger charge is -2.13. The standard InChI is InChI=1S/C19H22N4O2/c1-13(24)21-16-7-4-8-17(10-16)22-18-9-14(11-20-12-18)19(25)23-15-5-2-3-6-15/h4,7-12,15,22H,2-3,5-6H2,1H3,(H,21,24)(H,23,25). The highest BCUT2D eigenvalue weighted by molar-refractivity contribution is 5.95. The molecule has 6 nitrogen and oxygen atoms in total. The molecule has 1 aliphatic carbocycles. The summed E-state index contributed by atoms with van der Waals surface area (Å²) in [6.45, 7) is 1.47. The number of aromatic nitrogens is 1. The van der Waals surface area contributed by atoms with Crippen LogP contribution in [0.4, 0.5) is 17.1 Å². The van der Waals surface area contributed by atoms with E-state index in [4.69, 9.17) is 0 Å². The Morgan fingerprint density at radius 3 is 2.56 bits per heavy atom. The molecule has 0 spiro atoms. The first-order valence-corrected chi connectivity index (χ1v) is 8.51. The Morgan fingerprint density at radius 2 is 1.80 bits per heavy atom. The van der Waals surface area contributed by atoms with Crippen molar-refractivity contribution in [2.45, 2.75) is 38.6 Å². The topological polar surface area (TPSA) is 83.1 Å². The summed E-state index contributed by atoms with van der Waals surface area (Å²) >= 11 is 0. The van der Waals surface area contributed by atoms with Gasteiger partial charge in [-0.05, 0) is 37.1 Å². The molecular weight excluding hydrogens is 316 g/mol. The van der Waals surface area contributed by atoms with Gasteiger partial charge in [-0.3, -0.25) is 14.6 Å². The zero-order valence-corrected chi connectivity index (χ0v) is 14.2. The average Bonchev–Trinajstić information content (AvgIpc) is 3.08. The van der Waals surface area contributed by atoms with Crippen LogP contribution in [0.3, 0.4) is 0 Å². The molecule has 3 rings (SSSR count). The smallest absolute Gasteiger partial charge is 0.253 e. The second-order valence-electron chi connectivity index (χ2n) is 6.30. The van der Waals surface area contributed by atoms with E-state index in [0.717, 1.165) is 24.2 Å². The molecule has 1 aromatic carbocycles. The minimum absolute atomic E-state index is 0.0879. The van der Waals surface area contributed by atoms with Gasteiger partial charge in [-0.15, -0.1) is 0 Å². The van der Waals surface area contributed by atoms with Crippen molar-refractivity contribution < 1.29 is 9.59 Å². The molecule has 1 aliphatic rings. The number of carbonyl (C=O) groups excluding carboxylic acids is 2. The number of nitrogens with zero attached hydrogens (tertiary/aromatic N) is 1. The SMILES string of the molecule is CC(=O)Nc1cccc(Nc2cncc(C(=O)NC3CCCC3)c2)c1. The lowest BCUT2D eigenvalue weighted by Crippen LogP contribution is -2.32. The molecule has 0 saturated heterocycles. The molecular formula is C19H22N4O2. The Hall–Kier alpha value is -2.89. The summed E-state index contributed by atoms with van der Waals surface area (Å²) in [5.74, 6) is -0.209.